The zero-order valence-electron chi connectivity index (χ0n) is 15.7. The van der Waals surface area contributed by atoms with E-state index in [0.717, 1.165) is 5.56 Å². The fourth-order valence-electron chi connectivity index (χ4n) is 3.34. The van der Waals surface area contributed by atoms with Gasteiger partial charge in [-0.1, -0.05) is 66.7 Å². The van der Waals surface area contributed by atoms with Crippen LogP contribution in [-0.4, -0.2) is 39.3 Å². The number of rotatable bonds is 8. The average molecular weight is 391 g/mol. The molecule has 0 saturated heterocycles. The molecule has 0 aromatic heterocycles. The topological polar surface area (TPSA) is 94.9 Å². The van der Waals surface area contributed by atoms with Crippen LogP contribution >= 0.6 is 0 Å². The smallest absolute Gasteiger partial charge is 0.303 e. The molecular weight excluding hydrogens is 370 g/mol. The van der Waals surface area contributed by atoms with E-state index in [-0.39, 0.29) is 25.0 Å². The van der Waals surface area contributed by atoms with E-state index >= 15 is 0 Å². The lowest BCUT2D eigenvalue weighted by Gasteiger charge is -2.26. The Labute approximate surface area is 168 Å². The highest BCUT2D eigenvalue weighted by atomic mass is 16.4. The average Bonchev–Trinajstić information content (AvgIpc) is 2.98. The van der Waals surface area contributed by atoms with Crippen LogP contribution in [0.15, 0.2) is 78.1 Å². The highest BCUT2D eigenvalue weighted by Crippen LogP contribution is 2.38. The van der Waals surface area contributed by atoms with Gasteiger partial charge >= 0.3 is 5.97 Å². The van der Waals surface area contributed by atoms with Gasteiger partial charge in [0.25, 0.3) is 5.91 Å². The molecule has 2 aromatic rings. The highest BCUT2D eigenvalue weighted by molar-refractivity contribution is 6.14. The number of carboxylic acids is 1. The Kier molecular flexibility index (Phi) is 6.24. The summed E-state index contributed by atoms with van der Waals surface area (Å²) < 4.78 is 0. The molecule has 1 aliphatic heterocycles. The van der Waals surface area contributed by atoms with E-state index in [1.54, 1.807) is 30.3 Å². The molecule has 0 unspecified atom stereocenters. The van der Waals surface area contributed by atoms with Crippen molar-refractivity contribution in [3.8, 4) is 0 Å². The van der Waals surface area contributed by atoms with Crippen molar-refractivity contribution in [1.29, 1.82) is 0 Å². The molecule has 1 atom stereocenters. The van der Waals surface area contributed by atoms with Crippen molar-refractivity contribution in [3.63, 3.8) is 0 Å². The molecule has 1 amide bonds. The maximum Gasteiger partial charge on any atom is 0.303 e. The summed E-state index contributed by atoms with van der Waals surface area (Å²) in [6, 6.07) is 17.4. The van der Waals surface area contributed by atoms with E-state index in [4.69, 9.17) is 5.11 Å². The van der Waals surface area contributed by atoms with Gasteiger partial charge in [-0.2, -0.15) is 0 Å². The van der Waals surface area contributed by atoms with Gasteiger partial charge in [-0.3, -0.25) is 14.4 Å². The molecule has 0 radical (unpaired) electrons. The van der Waals surface area contributed by atoms with E-state index < -0.39 is 29.5 Å². The summed E-state index contributed by atoms with van der Waals surface area (Å²) in [5.74, 6) is -2.68. The second-order valence-corrected chi connectivity index (χ2v) is 6.68. The van der Waals surface area contributed by atoms with Crippen LogP contribution in [0.2, 0.25) is 0 Å². The fraction of sp³-hybridized carbons (Fsp3) is 0.174. The van der Waals surface area contributed by atoms with Gasteiger partial charge < -0.3 is 15.1 Å². The van der Waals surface area contributed by atoms with Crippen LogP contribution in [0.5, 0.6) is 0 Å². The van der Waals surface area contributed by atoms with E-state index in [1.807, 2.05) is 36.4 Å². The first-order valence-corrected chi connectivity index (χ1v) is 9.27. The molecule has 0 saturated carbocycles. The lowest BCUT2D eigenvalue weighted by Crippen LogP contribution is -2.32. The number of nitrogens with zero attached hydrogens (tertiary/aromatic N) is 1. The van der Waals surface area contributed by atoms with Gasteiger partial charge in [-0.25, -0.2) is 0 Å². The van der Waals surface area contributed by atoms with Crippen LogP contribution in [0.3, 0.4) is 0 Å². The van der Waals surface area contributed by atoms with Gasteiger partial charge in [-0.05, 0) is 23.6 Å². The third kappa shape index (κ3) is 4.60. The molecular formula is C23H21NO5. The van der Waals surface area contributed by atoms with E-state index in [2.05, 4.69) is 0 Å². The number of carbonyl (C=O) groups excluding carboxylic acids is 2. The van der Waals surface area contributed by atoms with Crippen LogP contribution in [-0.2, 0) is 14.4 Å². The molecule has 2 aromatic carbocycles. The number of carbonyl (C=O) groups is 3. The molecule has 6 heteroatoms. The van der Waals surface area contributed by atoms with Crippen molar-refractivity contribution < 1.29 is 24.6 Å². The van der Waals surface area contributed by atoms with Crippen LogP contribution in [0.1, 0.15) is 30.0 Å². The quantitative estimate of drug-likeness (QED) is 0.671. The predicted molar refractivity (Wildman–Crippen MR) is 108 cm³/mol. The van der Waals surface area contributed by atoms with Gasteiger partial charge in [0, 0.05) is 13.0 Å². The third-order valence-electron chi connectivity index (χ3n) is 4.70. The first kappa shape index (κ1) is 20.1. The van der Waals surface area contributed by atoms with Crippen molar-refractivity contribution >= 4 is 23.7 Å². The van der Waals surface area contributed by atoms with Crippen molar-refractivity contribution in [2.75, 3.05) is 6.54 Å². The van der Waals surface area contributed by atoms with Gasteiger partial charge in [-0.15, -0.1) is 0 Å². The SMILES string of the molecule is O=C(O)CCCN1C(=O)C(O)=C(C(=O)/C=C/c2ccccc2)[C@H]1c1ccccc1. The zero-order chi connectivity index (χ0) is 20.8. The number of aliphatic hydroxyl groups is 1. The number of hydrogen-bond acceptors (Lipinski definition) is 4. The molecule has 0 bridgehead atoms. The van der Waals surface area contributed by atoms with Crippen LogP contribution < -0.4 is 0 Å². The molecule has 1 heterocycles. The molecule has 29 heavy (non-hydrogen) atoms. The van der Waals surface area contributed by atoms with Crippen molar-refractivity contribution in [3.05, 3.63) is 89.2 Å². The molecule has 3 rings (SSSR count). The molecule has 148 valence electrons. The normalized spacial score (nSPS) is 16.6. The van der Waals surface area contributed by atoms with Crippen LogP contribution in [0.25, 0.3) is 6.08 Å². The first-order valence-electron chi connectivity index (χ1n) is 9.27. The number of aliphatic carboxylic acids is 1. The molecule has 0 fully saturated rings. The van der Waals surface area contributed by atoms with Crippen LogP contribution in [0, 0.1) is 0 Å². The summed E-state index contributed by atoms with van der Waals surface area (Å²) in [5, 5.41) is 19.3. The molecule has 0 spiro atoms. The molecule has 0 aliphatic carbocycles. The first-order chi connectivity index (χ1) is 14.0. The Morgan fingerprint density at radius 2 is 1.62 bits per heavy atom. The summed E-state index contributed by atoms with van der Waals surface area (Å²) >= 11 is 0. The highest BCUT2D eigenvalue weighted by Gasteiger charge is 2.42. The van der Waals surface area contributed by atoms with Crippen molar-refractivity contribution in [1.82, 2.24) is 4.90 Å². The largest absolute Gasteiger partial charge is 0.503 e. The monoisotopic (exact) mass is 391 g/mol. The fourth-order valence-corrected chi connectivity index (χ4v) is 3.34. The van der Waals surface area contributed by atoms with E-state index in [0.29, 0.717) is 5.56 Å². The lowest BCUT2D eigenvalue weighted by atomic mass is 9.95. The summed E-state index contributed by atoms with van der Waals surface area (Å²) in [7, 11) is 0. The number of allylic oxidation sites excluding steroid dienone is 1. The maximum atomic E-state index is 12.9. The number of amides is 1. The van der Waals surface area contributed by atoms with Gasteiger partial charge in [0.1, 0.15) is 0 Å². The second kappa shape index (κ2) is 9.01. The Hall–Kier alpha value is -3.67. The molecule has 6 nitrogen and oxygen atoms in total. The Morgan fingerprint density at radius 3 is 2.24 bits per heavy atom. The minimum absolute atomic E-state index is 0.00343. The Balaban J connectivity index is 1.92. The van der Waals surface area contributed by atoms with E-state index in [1.165, 1.54) is 11.0 Å². The van der Waals surface area contributed by atoms with Crippen molar-refractivity contribution in [2.45, 2.75) is 18.9 Å². The summed E-state index contributed by atoms with van der Waals surface area (Å²) in [6.45, 7) is 0.119. The van der Waals surface area contributed by atoms with Gasteiger partial charge in [0.05, 0.1) is 11.6 Å². The second-order valence-electron chi connectivity index (χ2n) is 6.68. The Morgan fingerprint density at radius 1 is 1.00 bits per heavy atom. The maximum absolute atomic E-state index is 12.9. The lowest BCUT2D eigenvalue weighted by molar-refractivity contribution is -0.138. The minimum atomic E-state index is -0.966. The molecule has 2 N–H and O–H groups in total. The Bertz CT molecular complexity index is 963. The summed E-state index contributed by atoms with van der Waals surface area (Å²) in [4.78, 5) is 37.8. The number of carboxylic acid groups (broad SMARTS) is 1. The third-order valence-corrected chi connectivity index (χ3v) is 4.70. The number of ketones is 1. The van der Waals surface area contributed by atoms with E-state index in [9.17, 15) is 19.5 Å². The summed E-state index contributed by atoms with van der Waals surface area (Å²) in [5.41, 5.74) is 1.50. The molecule has 1 aliphatic rings. The zero-order valence-corrected chi connectivity index (χ0v) is 15.7. The van der Waals surface area contributed by atoms with Gasteiger partial charge in [0.15, 0.2) is 11.5 Å². The standard InChI is InChI=1S/C23H21NO5/c25-18(14-13-16-8-3-1-4-9-16)20-21(17-10-5-2-6-11-17)24(23(29)22(20)28)15-7-12-19(26)27/h1-6,8-11,13-14,21,28H,7,12,15H2,(H,26,27)/b14-13+/t21-/m1/s1. The minimum Gasteiger partial charge on any atom is -0.503 e. The predicted octanol–water partition coefficient (Wildman–Crippen LogP) is 3.53. The summed E-state index contributed by atoms with van der Waals surface area (Å²) in [6.07, 6.45) is 3.08. The van der Waals surface area contributed by atoms with Crippen LogP contribution in [0.4, 0.5) is 0 Å². The van der Waals surface area contributed by atoms with Crippen molar-refractivity contribution in [2.24, 2.45) is 0 Å². The number of hydrogen-bond donors (Lipinski definition) is 2. The number of benzene rings is 2. The van der Waals surface area contributed by atoms with Gasteiger partial charge in [0.2, 0.25) is 0 Å². The number of aliphatic hydroxyl groups excluding tert-OH is 1.